The average molecular weight is 198 g/mol. The third-order valence-corrected chi connectivity index (χ3v) is 1.90. The van der Waals surface area contributed by atoms with E-state index in [-0.39, 0.29) is 0 Å². The monoisotopic (exact) mass is 198 g/mol. The first-order chi connectivity index (χ1) is 6.51. The zero-order valence-corrected chi connectivity index (χ0v) is 8.99. The van der Waals surface area contributed by atoms with Gasteiger partial charge in [0.1, 0.15) is 0 Å². The van der Waals surface area contributed by atoms with Gasteiger partial charge in [0.2, 0.25) is 0 Å². The zero-order chi connectivity index (χ0) is 10.6. The summed E-state index contributed by atoms with van der Waals surface area (Å²) in [7, 11) is 1.87. The van der Waals surface area contributed by atoms with Crippen LogP contribution in [0.4, 0.5) is 0 Å². The highest BCUT2D eigenvalue weighted by Crippen LogP contribution is 2.08. The zero-order valence-electron chi connectivity index (χ0n) is 8.99. The second-order valence-electron chi connectivity index (χ2n) is 4.07. The van der Waals surface area contributed by atoms with Gasteiger partial charge in [0.25, 0.3) is 0 Å². The lowest BCUT2D eigenvalue weighted by atomic mass is 10.1. The molecule has 0 atom stereocenters. The molecule has 0 unspecified atom stereocenters. The molecule has 1 aromatic heterocycles. The predicted octanol–water partition coefficient (Wildman–Crippen LogP) is 0.158. The summed E-state index contributed by atoms with van der Waals surface area (Å²) in [5.74, 6) is 0. The molecule has 0 saturated carbocycles. The number of aryl methyl sites for hydroxylation is 1. The Labute approximate surface area is 84.1 Å². The van der Waals surface area contributed by atoms with Crippen LogP contribution in [0.5, 0.6) is 0 Å². The molecule has 5 nitrogen and oxygen atoms in total. The molecule has 0 amide bonds. The van der Waals surface area contributed by atoms with Crippen molar-refractivity contribution < 1.29 is 5.11 Å². The van der Waals surface area contributed by atoms with E-state index < -0.39 is 5.60 Å². The Hall–Kier alpha value is -0.940. The van der Waals surface area contributed by atoms with Gasteiger partial charge in [0.05, 0.1) is 11.3 Å². The van der Waals surface area contributed by atoms with Crippen molar-refractivity contribution in [3.8, 4) is 0 Å². The molecule has 2 N–H and O–H groups in total. The largest absolute Gasteiger partial charge is 0.390 e. The van der Waals surface area contributed by atoms with Crippen molar-refractivity contribution in [1.29, 1.82) is 0 Å². The number of nitrogens with zero attached hydrogens (tertiary/aromatic N) is 3. The average Bonchev–Trinajstić information content (AvgIpc) is 2.49. The number of aromatic nitrogens is 3. The van der Waals surface area contributed by atoms with Gasteiger partial charge in [-0.15, -0.1) is 5.10 Å². The number of nitrogens with one attached hydrogen (secondary N) is 1. The molecule has 0 bridgehead atoms. The van der Waals surface area contributed by atoms with Crippen molar-refractivity contribution in [3.05, 3.63) is 11.9 Å². The Kier molecular flexibility index (Phi) is 3.60. The Morgan fingerprint density at radius 1 is 1.57 bits per heavy atom. The maximum Gasteiger partial charge on any atom is 0.0964 e. The van der Waals surface area contributed by atoms with Crippen molar-refractivity contribution in [2.24, 2.45) is 0 Å². The molecule has 0 saturated heterocycles. The molecule has 0 radical (unpaired) electrons. The summed E-state index contributed by atoms with van der Waals surface area (Å²) in [6.45, 7) is 5.00. The molecule has 0 aromatic carbocycles. The van der Waals surface area contributed by atoms with Gasteiger partial charge in [0, 0.05) is 19.3 Å². The molecule has 1 aromatic rings. The van der Waals surface area contributed by atoms with Crippen LogP contribution in [-0.2, 0) is 13.1 Å². The van der Waals surface area contributed by atoms with Gasteiger partial charge in [-0.1, -0.05) is 5.21 Å². The van der Waals surface area contributed by atoms with Gasteiger partial charge in [-0.05, 0) is 27.3 Å². The van der Waals surface area contributed by atoms with E-state index in [1.54, 1.807) is 18.5 Å². The van der Waals surface area contributed by atoms with E-state index in [0.29, 0.717) is 13.0 Å². The lowest BCUT2D eigenvalue weighted by Crippen LogP contribution is -2.21. The van der Waals surface area contributed by atoms with Gasteiger partial charge in [-0.3, -0.25) is 4.68 Å². The fourth-order valence-corrected chi connectivity index (χ4v) is 1.10. The van der Waals surface area contributed by atoms with E-state index in [9.17, 15) is 5.11 Å². The fraction of sp³-hybridized carbons (Fsp3) is 0.778. The van der Waals surface area contributed by atoms with Crippen LogP contribution in [0, 0.1) is 0 Å². The molecule has 14 heavy (non-hydrogen) atoms. The third-order valence-electron chi connectivity index (χ3n) is 1.90. The number of hydrogen-bond donors (Lipinski definition) is 2. The minimum atomic E-state index is -0.644. The van der Waals surface area contributed by atoms with E-state index in [1.165, 1.54) is 0 Å². The summed E-state index contributed by atoms with van der Waals surface area (Å²) in [4.78, 5) is 0. The van der Waals surface area contributed by atoms with Crippen LogP contribution in [0.25, 0.3) is 0 Å². The lowest BCUT2D eigenvalue weighted by molar-refractivity contribution is 0.0649. The highest BCUT2D eigenvalue weighted by molar-refractivity contribution is 4.91. The predicted molar refractivity (Wildman–Crippen MR) is 53.7 cm³/mol. The molecule has 0 aliphatic carbocycles. The Morgan fingerprint density at radius 2 is 2.29 bits per heavy atom. The smallest absolute Gasteiger partial charge is 0.0964 e. The normalized spacial score (nSPS) is 12.0. The molecular weight excluding hydrogens is 180 g/mol. The Balaban J connectivity index is 2.44. The van der Waals surface area contributed by atoms with E-state index in [2.05, 4.69) is 15.6 Å². The molecular formula is C9H18N4O. The minimum absolute atomic E-state index is 0.644. The molecule has 0 fully saturated rings. The molecule has 0 spiro atoms. The second-order valence-corrected chi connectivity index (χ2v) is 4.07. The van der Waals surface area contributed by atoms with Gasteiger partial charge in [-0.2, -0.15) is 0 Å². The summed E-state index contributed by atoms with van der Waals surface area (Å²) in [6, 6.07) is 0. The SMILES string of the molecule is CNCc1cn(CCC(C)(C)O)nn1. The fourth-order valence-electron chi connectivity index (χ4n) is 1.10. The highest BCUT2D eigenvalue weighted by Gasteiger charge is 2.12. The van der Waals surface area contributed by atoms with Crippen LogP contribution in [0.3, 0.4) is 0 Å². The third kappa shape index (κ3) is 3.85. The number of hydrogen-bond acceptors (Lipinski definition) is 4. The Bertz CT molecular complexity index is 277. The van der Waals surface area contributed by atoms with Crippen molar-refractivity contribution >= 4 is 0 Å². The van der Waals surface area contributed by atoms with Crippen LogP contribution in [0.1, 0.15) is 26.0 Å². The lowest BCUT2D eigenvalue weighted by Gasteiger charge is -2.15. The molecule has 1 rings (SSSR count). The van der Waals surface area contributed by atoms with Gasteiger partial charge in [-0.25, -0.2) is 0 Å². The van der Waals surface area contributed by atoms with Crippen LogP contribution in [-0.4, -0.2) is 32.7 Å². The molecule has 80 valence electrons. The van der Waals surface area contributed by atoms with Gasteiger partial charge in [0.15, 0.2) is 0 Å². The summed E-state index contributed by atoms with van der Waals surface area (Å²) in [5.41, 5.74) is 0.276. The summed E-state index contributed by atoms with van der Waals surface area (Å²) >= 11 is 0. The quantitative estimate of drug-likeness (QED) is 0.707. The number of aliphatic hydroxyl groups is 1. The number of rotatable bonds is 5. The standard InChI is InChI=1S/C9H18N4O/c1-9(2,14)4-5-13-7-8(6-10-3)11-12-13/h7,10,14H,4-6H2,1-3H3. The van der Waals surface area contributed by atoms with Gasteiger partial charge < -0.3 is 10.4 Å². The van der Waals surface area contributed by atoms with Crippen molar-refractivity contribution in [1.82, 2.24) is 20.3 Å². The van der Waals surface area contributed by atoms with E-state index in [1.807, 2.05) is 13.2 Å². The van der Waals surface area contributed by atoms with E-state index in [4.69, 9.17) is 0 Å². The van der Waals surface area contributed by atoms with E-state index in [0.717, 1.165) is 12.2 Å². The van der Waals surface area contributed by atoms with Crippen LogP contribution in [0.15, 0.2) is 6.20 Å². The van der Waals surface area contributed by atoms with Crippen molar-refractivity contribution in [2.45, 2.75) is 39.0 Å². The first-order valence-electron chi connectivity index (χ1n) is 4.77. The first-order valence-corrected chi connectivity index (χ1v) is 4.77. The summed E-state index contributed by atoms with van der Waals surface area (Å²) in [6.07, 6.45) is 2.57. The van der Waals surface area contributed by atoms with Crippen molar-refractivity contribution in [2.75, 3.05) is 7.05 Å². The Morgan fingerprint density at radius 3 is 2.86 bits per heavy atom. The van der Waals surface area contributed by atoms with Crippen LogP contribution >= 0.6 is 0 Å². The van der Waals surface area contributed by atoms with Crippen LogP contribution < -0.4 is 5.32 Å². The molecule has 0 aliphatic rings. The minimum Gasteiger partial charge on any atom is -0.390 e. The highest BCUT2D eigenvalue weighted by atomic mass is 16.3. The maximum atomic E-state index is 9.52. The molecule has 1 heterocycles. The molecule has 5 heteroatoms. The van der Waals surface area contributed by atoms with Crippen LogP contribution in [0.2, 0.25) is 0 Å². The second kappa shape index (κ2) is 4.52. The van der Waals surface area contributed by atoms with Gasteiger partial charge >= 0.3 is 0 Å². The van der Waals surface area contributed by atoms with E-state index >= 15 is 0 Å². The summed E-state index contributed by atoms with van der Waals surface area (Å²) < 4.78 is 1.75. The summed E-state index contributed by atoms with van der Waals surface area (Å²) in [5, 5.41) is 20.4. The topological polar surface area (TPSA) is 63.0 Å². The maximum absolute atomic E-state index is 9.52. The first kappa shape index (κ1) is 11.1. The van der Waals surface area contributed by atoms with Crippen molar-refractivity contribution in [3.63, 3.8) is 0 Å². The molecule has 0 aliphatic heterocycles.